The van der Waals surface area contributed by atoms with Crippen LogP contribution in [-0.4, -0.2) is 30.9 Å². The van der Waals surface area contributed by atoms with E-state index in [0.717, 1.165) is 31.4 Å². The molecule has 0 atom stereocenters. The number of amides is 1. The van der Waals surface area contributed by atoms with Gasteiger partial charge in [-0.2, -0.15) is 5.26 Å². The highest BCUT2D eigenvalue weighted by atomic mass is 35.5. The van der Waals surface area contributed by atoms with E-state index in [4.69, 9.17) is 26.3 Å². The summed E-state index contributed by atoms with van der Waals surface area (Å²) < 4.78 is 10.5. The van der Waals surface area contributed by atoms with Crippen molar-refractivity contribution in [2.75, 3.05) is 12.4 Å². The number of nitrogens with one attached hydrogen (secondary N) is 2. The van der Waals surface area contributed by atoms with E-state index in [0.29, 0.717) is 16.3 Å². The summed E-state index contributed by atoms with van der Waals surface area (Å²) in [5, 5.41) is 16.0. The zero-order chi connectivity index (χ0) is 19.3. The first-order chi connectivity index (χ1) is 12.2. The summed E-state index contributed by atoms with van der Waals surface area (Å²) in [5.41, 5.74) is 0.674. The van der Waals surface area contributed by atoms with Crippen LogP contribution in [0.4, 0.5) is 10.5 Å². The second-order valence-electron chi connectivity index (χ2n) is 7.48. The SMILES string of the molecule is COc1cc(N[C@H]2CC[C@H](NC(=O)OC(C)(C)C)CC2)c(Cl)cc1C#N. The van der Waals surface area contributed by atoms with Crippen LogP contribution in [-0.2, 0) is 4.74 Å². The Morgan fingerprint density at radius 1 is 1.23 bits per heavy atom. The highest BCUT2D eigenvalue weighted by molar-refractivity contribution is 6.33. The average molecular weight is 380 g/mol. The van der Waals surface area contributed by atoms with Crippen molar-refractivity contribution in [2.45, 2.75) is 64.1 Å². The molecular formula is C19H26ClN3O3. The summed E-state index contributed by atoms with van der Waals surface area (Å²) in [6, 6.07) is 5.81. The summed E-state index contributed by atoms with van der Waals surface area (Å²) in [4.78, 5) is 11.9. The molecule has 1 amide bonds. The van der Waals surface area contributed by atoms with Crippen LogP contribution >= 0.6 is 11.6 Å². The van der Waals surface area contributed by atoms with E-state index in [1.807, 2.05) is 20.8 Å². The zero-order valence-electron chi connectivity index (χ0n) is 15.7. The van der Waals surface area contributed by atoms with Crippen molar-refractivity contribution in [1.29, 1.82) is 5.26 Å². The van der Waals surface area contributed by atoms with Crippen molar-refractivity contribution >= 4 is 23.4 Å². The molecule has 0 bridgehead atoms. The van der Waals surface area contributed by atoms with Gasteiger partial charge >= 0.3 is 6.09 Å². The maximum Gasteiger partial charge on any atom is 0.407 e. The van der Waals surface area contributed by atoms with Crippen LogP contribution in [0.3, 0.4) is 0 Å². The third kappa shape index (κ3) is 5.70. The Bertz CT molecular complexity index is 686. The molecule has 0 aliphatic heterocycles. The molecule has 0 heterocycles. The lowest BCUT2D eigenvalue weighted by molar-refractivity contribution is 0.0492. The molecule has 142 valence electrons. The van der Waals surface area contributed by atoms with Crippen LogP contribution in [0.2, 0.25) is 5.02 Å². The molecule has 0 spiro atoms. The number of carbonyl (C=O) groups excluding carboxylic acids is 1. The van der Waals surface area contributed by atoms with Crippen molar-refractivity contribution in [3.63, 3.8) is 0 Å². The van der Waals surface area contributed by atoms with E-state index < -0.39 is 5.60 Å². The first-order valence-corrected chi connectivity index (χ1v) is 9.13. The lowest BCUT2D eigenvalue weighted by Crippen LogP contribution is -2.42. The van der Waals surface area contributed by atoms with Gasteiger partial charge in [0.2, 0.25) is 0 Å². The summed E-state index contributed by atoms with van der Waals surface area (Å²) >= 11 is 6.27. The minimum absolute atomic E-state index is 0.119. The molecule has 1 aromatic carbocycles. The van der Waals surface area contributed by atoms with Crippen molar-refractivity contribution in [2.24, 2.45) is 0 Å². The summed E-state index contributed by atoms with van der Waals surface area (Å²) in [6.45, 7) is 5.55. The number of hydrogen-bond donors (Lipinski definition) is 2. The highest BCUT2D eigenvalue weighted by Crippen LogP contribution is 2.32. The van der Waals surface area contributed by atoms with Crippen LogP contribution < -0.4 is 15.4 Å². The van der Waals surface area contributed by atoms with Gasteiger partial charge < -0.3 is 20.1 Å². The Labute approximate surface area is 159 Å². The van der Waals surface area contributed by atoms with Crippen LogP contribution in [0.1, 0.15) is 52.0 Å². The Balaban J connectivity index is 1.89. The Morgan fingerprint density at radius 3 is 2.38 bits per heavy atom. The Morgan fingerprint density at radius 2 is 1.85 bits per heavy atom. The number of rotatable bonds is 4. The minimum Gasteiger partial charge on any atom is -0.495 e. The van der Waals surface area contributed by atoms with Gasteiger partial charge in [0.15, 0.2) is 0 Å². The minimum atomic E-state index is -0.492. The predicted molar refractivity (Wildman–Crippen MR) is 102 cm³/mol. The van der Waals surface area contributed by atoms with Crippen LogP contribution in [0, 0.1) is 11.3 Å². The molecule has 0 aromatic heterocycles. The second kappa shape index (κ2) is 8.50. The van der Waals surface area contributed by atoms with Crippen molar-refractivity contribution in [1.82, 2.24) is 5.32 Å². The summed E-state index contributed by atoms with van der Waals surface area (Å²) in [6.07, 6.45) is 3.16. The molecule has 1 saturated carbocycles. The number of anilines is 1. The van der Waals surface area contributed by atoms with E-state index in [9.17, 15) is 4.79 Å². The van der Waals surface area contributed by atoms with E-state index in [2.05, 4.69) is 16.7 Å². The van der Waals surface area contributed by atoms with Gasteiger partial charge in [-0.05, 0) is 52.5 Å². The number of halogens is 1. The molecule has 7 heteroatoms. The zero-order valence-corrected chi connectivity index (χ0v) is 16.4. The molecule has 1 aliphatic rings. The van der Waals surface area contributed by atoms with E-state index in [1.54, 1.807) is 12.1 Å². The van der Waals surface area contributed by atoms with Gasteiger partial charge in [-0.1, -0.05) is 11.6 Å². The normalized spacial score (nSPS) is 20.0. The number of benzene rings is 1. The molecule has 6 nitrogen and oxygen atoms in total. The Hall–Kier alpha value is -2.13. The first kappa shape index (κ1) is 20.2. The smallest absolute Gasteiger partial charge is 0.407 e. The number of methoxy groups -OCH3 is 1. The van der Waals surface area contributed by atoms with Crippen LogP contribution in [0.25, 0.3) is 0 Å². The second-order valence-corrected chi connectivity index (χ2v) is 7.89. The molecule has 0 radical (unpaired) electrons. The van der Waals surface area contributed by atoms with Gasteiger partial charge in [0.05, 0.1) is 23.4 Å². The Kier molecular flexibility index (Phi) is 6.60. The number of nitrogens with zero attached hydrogens (tertiary/aromatic N) is 1. The largest absolute Gasteiger partial charge is 0.495 e. The monoisotopic (exact) mass is 379 g/mol. The number of nitriles is 1. The molecule has 1 aliphatic carbocycles. The van der Waals surface area contributed by atoms with Crippen molar-refractivity contribution in [3.05, 3.63) is 22.7 Å². The fourth-order valence-electron chi connectivity index (χ4n) is 3.00. The molecule has 0 unspecified atom stereocenters. The van der Waals surface area contributed by atoms with Gasteiger partial charge in [-0.25, -0.2) is 4.79 Å². The van der Waals surface area contributed by atoms with Crippen molar-refractivity contribution in [3.8, 4) is 11.8 Å². The van der Waals surface area contributed by atoms with Gasteiger partial charge in [0, 0.05) is 18.2 Å². The molecule has 1 aromatic rings. The van der Waals surface area contributed by atoms with Gasteiger partial charge in [0.25, 0.3) is 0 Å². The molecule has 0 saturated heterocycles. The topological polar surface area (TPSA) is 83.4 Å². The van der Waals surface area contributed by atoms with Gasteiger partial charge in [-0.15, -0.1) is 0 Å². The number of ether oxygens (including phenoxy) is 2. The summed E-state index contributed by atoms with van der Waals surface area (Å²) in [5.74, 6) is 0.500. The van der Waals surface area contributed by atoms with E-state index in [1.165, 1.54) is 7.11 Å². The first-order valence-electron chi connectivity index (χ1n) is 8.75. The third-order valence-electron chi connectivity index (χ3n) is 4.22. The standard InChI is InChI=1S/C19H26ClN3O3/c1-19(2,3)26-18(24)23-14-7-5-13(6-8-14)22-16-10-17(25-4)12(11-21)9-15(16)20/h9-10,13-14,22H,5-8H2,1-4H3,(H,23,24)/t13-,14-. The van der Waals surface area contributed by atoms with Gasteiger partial charge in [0.1, 0.15) is 17.4 Å². The number of carbonyl (C=O) groups is 1. The molecule has 1 fully saturated rings. The van der Waals surface area contributed by atoms with E-state index in [-0.39, 0.29) is 18.2 Å². The number of hydrogen-bond acceptors (Lipinski definition) is 5. The molecule has 2 N–H and O–H groups in total. The molecule has 26 heavy (non-hydrogen) atoms. The van der Waals surface area contributed by atoms with Crippen LogP contribution in [0.5, 0.6) is 5.75 Å². The maximum absolute atomic E-state index is 11.9. The highest BCUT2D eigenvalue weighted by Gasteiger charge is 2.25. The van der Waals surface area contributed by atoms with E-state index >= 15 is 0 Å². The average Bonchev–Trinajstić information content (AvgIpc) is 2.56. The quantitative estimate of drug-likeness (QED) is 0.806. The van der Waals surface area contributed by atoms with Gasteiger partial charge in [-0.3, -0.25) is 0 Å². The fraction of sp³-hybridized carbons (Fsp3) is 0.579. The molecule has 2 rings (SSSR count). The summed E-state index contributed by atoms with van der Waals surface area (Å²) in [7, 11) is 1.53. The lowest BCUT2D eigenvalue weighted by Gasteiger charge is -2.31. The maximum atomic E-state index is 11.9. The fourth-order valence-corrected chi connectivity index (χ4v) is 3.21. The third-order valence-corrected chi connectivity index (χ3v) is 4.53. The predicted octanol–water partition coefficient (Wildman–Crippen LogP) is 4.47. The van der Waals surface area contributed by atoms with Crippen molar-refractivity contribution < 1.29 is 14.3 Å². The number of alkyl carbamates (subject to hydrolysis) is 1. The molecular weight excluding hydrogens is 354 g/mol. The lowest BCUT2D eigenvalue weighted by atomic mass is 9.91. The van der Waals surface area contributed by atoms with Crippen LogP contribution in [0.15, 0.2) is 12.1 Å².